The first-order valence-corrected chi connectivity index (χ1v) is 6.76. The van der Waals surface area contributed by atoms with E-state index in [0.29, 0.717) is 24.8 Å². The maximum absolute atomic E-state index is 11.8. The van der Waals surface area contributed by atoms with Crippen LogP contribution in [0.15, 0.2) is 30.3 Å². The monoisotopic (exact) mass is 246 g/mol. The first-order valence-electron chi connectivity index (χ1n) is 6.76. The molecule has 1 aromatic rings. The van der Waals surface area contributed by atoms with Gasteiger partial charge in [-0.25, -0.2) is 0 Å². The van der Waals surface area contributed by atoms with Gasteiger partial charge in [-0.05, 0) is 37.7 Å². The first kappa shape index (κ1) is 13.1. The van der Waals surface area contributed by atoms with Gasteiger partial charge in [0, 0.05) is 18.5 Å². The lowest BCUT2D eigenvalue weighted by Crippen LogP contribution is -2.34. The number of carbonyl (C=O) groups excluding carboxylic acids is 1. The summed E-state index contributed by atoms with van der Waals surface area (Å²) in [6.45, 7) is 2.09. The zero-order valence-corrected chi connectivity index (χ0v) is 10.9. The Kier molecular flexibility index (Phi) is 4.37. The quantitative estimate of drug-likeness (QED) is 0.809. The van der Waals surface area contributed by atoms with E-state index in [4.69, 9.17) is 5.73 Å². The van der Waals surface area contributed by atoms with Crippen LogP contribution >= 0.6 is 0 Å². The van der Waals surface area contributed by atoms with E-state index in [-0.39, 0.29) is 11.9 Å². The standard InChI is InChI=1S/C15H22N2O/c1-11(12-7-8-12)17-15(18)10-9-14(16)13-5-3-2-4-6-13/h2-6,11-12,14H,7-10,16H2,1H3,(H,17,18). The molecule has 0 radical (unpaired) electrons. The number of nitrogens with two attached hydrogens (primary N) is 1. The number of benzene rings is 1. The minimum atomic E-state index is -0.0480. The first-order chi connectivity index (χ1) is 8.66. The van der Waals surface area contributed by atoms with Gasteiger partial charge in [-0.1, -0.05) is 30.3 Å². The Bertz CT molecular complexity index is 387. The summed E-state index contributed by atoms with van der Waals surface area (Å²) >= 11 is 0. The number of amides is 1. The van der Waals surface area contributed by atoms with Crippen molar-refractivity contribution in [3.8, 4) is 0 Å². The summed E-state index contributed by atoms with van der Waals surface area (Å²) < 4.78 is 0. The Morgan fingerprint density at radius 2 is 2.06 bits per heavy atom. The second-order valence-electron chi connectivity index (χ2n) is 5.25. The second-order valence-corrected chi connectivity index (χ2v) is 5.25. The summed E-state index contributed by atoms with van der Waals surface area (Å²) in [5.74, 6) is 0.831. The molecule has 2 atom stereocenters. The van der Waals surface area contributed by atoms with Gasteiger partial charge < -0.3 is 11.1 Å². The molecule has 3 nitrogen and oxygen atoms in total. The smallest absolute Gasteiger partial charge is 0.220 e. The van der Waals surface area contributed by atoms with Crippen molar-refractivity contribution in [1.29, 1.82) is 0 Å². The van der Waals surface area contributed by atoms with Crippen LogP contribution in [-0.4, -0.2) is 11.9 Å². The van der Waals surface area contributed by atoms with Crippen LogP contribution in [0.25, 0.3) is 0 Å². The molecule has 0 aromatic heterocycles. The molecule has 3 N–H and O–H groups in total. The molecule has 1 aliphatic rings. The van der Waals surface area contributed by atoms with Crippen molar-refractivity contribution in [1.82, 2.24) is 5.32 Å². The van der Waals surface area contributed by atoms with Crippen LogP contribution in [0.1, 0.15) is 44.2 Å². The predicted octanol–water partition coefficient (Wildman–Crippen LogP) is 2.38. The van der Waals surface area contributed by atoms with E-state index in [1.54, 1.807) is 0 Å². The highest BCUT2D eigenvalue weighted by molar-refractivity contribution is 5.76. The summed E-state index contributed by atoms with van der Waals surface area (Å²) in [5, 5.41) is 3.05. The average Bonchev–Trinajstić information content (AvgIpc) is 3.21. The van der Waals surface area contributed by atoms with Gasteiger partial charge in [-0.3, -0.25) is 4.79 Å². The van der Waals surface area contributed by atoms with E-state index in [2.05, 4.69) is 12.2 Å². The summed E-state index contributed by atoms with van der Waals surface area (Å²) in [6, 6.07) is 10.2. The zero-order chi connectivity index (χ0) is 13.0. The molecular weight excluding hydrogens is 224 g/mol. The SMILES string of the molecule is CC(NC(=O)CCC(N)c1ccccc1)C1CC1. The molecule has 2 rings (SSSR count). The van der Waals surface area contributed by atoms with Crippen LogP contribution < -0.4 is 11.1 Å². The number of hydrogen-bond acceptors (Lipinski definition) is 2. The lowest BCUT2D eigenvalue weighted by molar-refractivity contribution is -0.122. The fourth-order valence-electron chi connectivity index (χ4n) is 2.19. The third-order valence-corrected chi connectivity index (χ3v) is 3.63. The average molecular weight is 246 g/mol. The molecule has 2 unspecified atom stereocenters. The van der Waals surface area contributed by atoms with Gasteiger partial charge in [-0.2, -0.15) is 0 Å². The molecule has 18 heavy (non-hydrogen) atoms. The molecule has 0 bridgehead atoms. The van der Waals surface area contributed by atoms with Gasteiger partial charge in [0.2, 0.25) is 5.91 Å². The third kappa shape index (κ3) is 3.84. The lowest BCUT2D eigenvalue weighted by Gasteiger charge is -2.15. The third-order valence-electron chi connectivity index (χ3n) is 3.63. The van der Waals surface area contributed by atoms with Gasteiger partial charge in [0.1, 0.15) is 0 Å². The molecule has 1 aromatic carbocycles. The van der Waals surface area contributed by atoms with Crippen molar-refractivity contribution in [2.75, 3.05) is 0 Å². The molecular formula is C15H22N2O. The van der Waals surface area contributed by atoms with Crippen molar-refractivity contribution in [2.45, 2.75) is 44.7 Å². The molecule has 1 amide bonds. The summed E-state index contributed by atoms with van der Waals surface area (Å²) in [5.41, 5.74) is 7.16. The van der Waals surface area contributed by atoms with Crippen molar-refractivity contribution >= 4 is 5.91 Å². The van der Waals surface area contributed by atoms with Crippen molar-refractivity contribution in [3.05, 3.63) is 35.9 Å². The van der Waals surface area contributed by atoms with Gasteiger partial charge in [0.05, 0.1) is 0 Å². The summed E-state index contributed by atoms with van der Waals surface area (Å²) in [4.78, 5) is 11.8. The Labute approximate surface area is 109 Å². The number of rotatable bonds is 6. The minimum absolute atomic E-state index is 0.0480. The van der Waals surface area contributed by atoms with E-state index in [9.17, 15) is 4.79 Å². The van der Waals surface area contributed by atoms with Crippen LogP contribution in [0.4, 0.5) is 0 Å². The molecule has 0 spiro atoms. The van der Waals surface area contributed by atoms with E-state index in [1.165, 1.54) is 12.8 Å². The Morgan fingerprint density at radius 1 is 1.39 bits per heavy atom. The fourth-order valence-corrected chi connectivity index (χ4v) is 2.19. The van der Waals surface area contributed by atoms with Crippen molar-refractivity contribution in [3.63, 3.8) is 0 Å². The molecule has 1 aliphatic carbocycles. The normalized spacial score (nSPS) is 18.1. The van der Waals surface area contributed by atoms with Crippen LogP contribution in [0.5, 0.6) is 0 Å². The number of carbonyl (C=O) groups is 1. The summed E-state index contributed by atoms with van der Waals surface area (Å²) in [7, 11) is 0. The van der Waals surface area contributed by atoms with E-state index in [0.717, 1.165) is 5.56 Å². The van der Waals surface area contributed by atoms with E-state index in [1.807, 2.05) is 30.3 Å². The lowest BCUT2D eigenvalue weighted by atomic mass is 10.0. The molecule has 98 valence electrons. The highest BCUT2D eigenvalue weighted by Crippen LogP contribution is 2.32. The van der Waals surface area contributed by atoms with Crippen LogP contribution in [0, 0.1) is 5.92 Å². The number of hydrogen-bond donors (Lipinski definition) is 2. The van der Waals surface area contributed by atoms with Crippen molar-refractivity contribution < 1.29 is 4.79 Å². The topological polar surface area (TPSA) is 55.1 Å². The van der Waals surface area contributed by atoms with Crippen LogP contribution in [0.3, 0.4) is 0 Å². The van der Waals surface area contributed by atoms with Gasteiger partial charge in [0.15, 0.2) is 0 Å². The van der Waals surface area contributed by atoms with Gasteiger partial charge >= 0.3 is 0 Å². The van der Waals surface area contributed by atoms with Crippen LogP contribution in [0.2, 0.25) is 0 Å². The molecule has 0 saturated heterocycles. The number of nitrogens with one attached hydrogen (secondary N) is 1. The van der Waals surface area contributed by atoms with E-state index < -0.39 is 0 Å². The Hall–Kier alpha value is -1.35. The van der Waals surface area contributed by atoms with Crippen LogP contribution in [-0.2, 0) is 4.79 Å². The Morgan fingerprint density at radius 3 is 2.67 bits per heavy atom. The second kappa shape index (κ2) is 6.01. The highest BCUT2D eigenvalue weighted by atomic mass is 16.1. The van der Waals surface area contributed by atoms with Crippen molar-refractivity contribution in [2.24, 2.45) is 11.7 Å². The largest absolute Gasteiger partial charge is 0.353 e. The fraction of sp³-hybridized carbons (Fsp3) is 0.533. The highest BCUT2D eigenvalue weighted by Gasteiger charge is 2.28. The predicted molar refractivity (Wildman–Crippen MR) is 72.9 cm³/mol. The van der Waals surface area contributed by atoms with Gasteiger partial charge in [-0.15, -0.1) is 0 Å². The molecule has 1 fully saturated rings. The van der Waals surface area contributed by atoms with E-state index >= 15 is 0 Å². The summed E-state index contributed by atoms with van der Waals surface area (Å²) in [6.07, 6.45) is 3.72. The maximum Gasteiger partial charge on any atom is 0.220 e. The molecule has 3 heteroatoms. The van der Waals surface area contributed by atoms with Gasteiger partial charge in [0.25, 0.3) is 0 Å². The molecule has 0 heterocycles. The molecule has 1 saturated carbocycles. The zero-order valence-electron chi connectivity index (χ0n) is 10.9. The maximum atomic E-state index is 11.8. The Balaban J connectivity index is 1.72. The minimum Gasteiger partial charge on any atom is -0.353 e. The molecule has 0 aliphatic heterocycles.